The van der Waals surface area contributed by atoms with E-state index in [0.717, 1.165) is 0 Å². The van der Waals surface area contributed by atoms with Crippen LogP contribution in [-0.4, -0.2) is 46.6 Å². The maximum Gasteiger partial charge on any atom is 0.341 e. The fraction of sp³-hybridized carbons (Fsp3) is 0.286. The van der Waals surface area contributed by atoms with E-state index in [1.54, 1.807) is 18.2 Å². The number of esters is 2. The van der Waals surface area contributed by atoms with Gasteiger partial charge in [0.15, 0.2) is 0 Å². The number of ether oxygens (including phenoxy) is 2. The first-order valence-electron chi connectivity index (χ1n) is 11.2. The van der Waals surface area contributed by atoms with Gasteiger partial charge in [-0.2, -0.15) is 0 Å². The summed E-state index contributed by atoms with van der Waals surface area (Å²) >= 11 is 0. The maximum atomic E-state index is 12.1. The largest absolute Gasteiger partial charge is 0.507 e. The minimum absolute atomic E-state index is 0.0127. The molecule has 8 nitrogen and oxygen atoms in total. The summed E-state index contributed by atoms with van der Waals surface area (Å²) in [5, 5.41) is 41.8. The molecule has 0 heterocycles. The summed E-state index contributed by atoms with van der Waals surface area (Å²) in [6.45, 7) is 7.33. The Labute approximate surface area is 209 Å². The van der Waals surface area contributed by atoms with Gasteiger partial charge in [-0.1, -0.05) is 39.8 Å². The lowest BCUT2D eigenvalue weighted by atomic mass is 9.72. The normalized spacial score (nSPS) is 11.7. The molecule has 0 unspecified atom stereocenters. The van der Waals surface area contributed by atoms with Crippen LogP contribution in [0.25, 0.3) is 0 Å². The van der Waals surface area contributed by atoms with Gasteiger partial charge in [-0.25, -0.2) is 9.59 Å². The molecule has 0 saturated carbocycles. The molecule has 0 fully saturated rings. The van der Waals surface area contributed by atoms with Crippen LogP contribution < -0.4 is 0 Å². The van der Waals surface area contributed by atoms with Gasteiger partial charge in [0.25, 0.3) is 0 Å². The first-order valence-corrected chi connectivity index (χ1v) is 11.2. The average molecular weight is 495 g/mol. The molecule has 0 spiro atoms. The van der Waals surface area contributed by atoms with Crippen molar-refractivity contribution in [2.45, 2.75) is 38.5 Å². The minimum Gasteiger partial charge on any atom is -0.507 e. The van der Waals surface area contributed by atoms with E-state index in [9.17, 15) is 30.0 Å². The molecule has 3 aromatic carbocycles. The molecule has 0 radical (unpaired) electrons. The standard InChI is InChI=1S/C28H30O8/c1-27(2,15-7-9-21(29)17(11-15)25(33)35-5)19-13-20(24(32)14-23(19)31)28(3,4)16-8-10-22(30)18(12-16)26(34)36-6/h7-14,29-32H,1-6H3. The number of hydrogen-bond acceptors (Lipinski definition) is 8. The molecule has 36 heavy (non-hydrogen) atoms. The molecule has 0 bridgehead atoms. The second kappa shape index (κ2) is 9.45. The van der Waals surface area contributed by atoms with Gasteiger partial charge in [0.1, 0.15) is 34.1 Å². The summed E-state index contributed by atoms with van der Waals surface area (Å²) in [6, 6.07) is 12.0. The fourth-order valence-corrected chi connectivity index (χ4v) is 4.29. The molecule has 0 aliphatic heterocycles. The zero-order chi connectivity index (χ0) is 27.0. The van der Waals surface area contributed by atoms with Crippen molar-refractivity contribution >= 4 is 11.9 Å². The van der Waals surface area contributed by atoms with Gasteiger partial charge in [0, 0.05) is 28.0 Å². The lowest BCUT2D eigenvalue weighted by molar-refractivity contribution is 0.0588. The second-order valence-corrected chi connectivity index (χ2v) is 9.58. The van der Waals surface area contributed by atoms with Crippen LogP contribution in [0.3, 0.4) is 0 Å². The van der Waals surface area contributed by atoms with E-state index in [4.69, 9.17) is 9.47 Å². The van der Waals surface area contributed by atoms with Crippen molar-refractivity contribution in [3.63, 3.8) is 0 Å². The Kier molecular flexibility index (Phi) is 6.93. The predicted molar refractivity (Wildman–Crippen MR) is 133 cm³/mol. The van der Waals surface area contributed by atoms with E-state index in [-0.39, 0.29) is 34.1 Å². The summed E-state index contributed by atoms with van der Waals surface area (Å²) in [5.41, 5.74) is 0.374. The van der Waals surface area contributed by atoms with E-state index in [1.165, 1.54) is 44.6 Å². The van der Waals surface area contributed by atoms with Gasteiger partial charge in [0.05, 0.1) is 14.2 Å². The topological polar surface area (TPSA) is 134 Å². The van der Waals surface area contributed by atoms with Crippen LogP contribution in [0.4, 0.5) is 0 Å². The van der Waals surface area contributed by atoms with Crippen molar-refractivity contribution < 1.29 is 39.5 Å². The van der Waals surface area contributed by atoms with Crippen molar-refractivity contribution in [3.8, 4) is 23.0 Å². The third-order valence-corrected chi connectivity index (χ3v) is 6.71. The van der Waals surface area contributed by atoms with Crippen LogP contribution in [0.2, 0.25) is 0 Å². The van der Waals surface area contributed by atoms with Crippen molar-refractivity contribution in [2.24, 2.45) is 0 Å². The second-order valence-electron chi connectivity index (χ2n) is 9.58. The van der Waals surface area contributed by atoms with Gasteiger partial charge in [-0.15, -0.1) is 0 Å². The molecule has 0 amide bonds. The highest BCUT2D eigenvalue weighted by Crippen LogP contribution is 2.45. The van der Waals surface area contributed by atoms with E-state index < -0.39 is 22.8 Å². The quantitative estimate of drug-likeness (QED) is 0.361. The zero-order valence-electron chi connectivity index (χ0n) is 21.0. The van der Waals surface area contributed by atoms with Crippen molar-refractivity contribution in [2.75, 3.05) is 14.2 Å². The van der Waals surface area contributed by atoms with Crippen molar-refractivity contribution in [1.29, 1.82) is 0 Å². The summed E-state index contributed by atoms with van der Waals surface area (Å²) in [6.07, 6.45) is 0. The highest BCUT2D eigenvalue weighted by atomic mass is 16.5. The van der Waals surface area contributed by atoms with Crippen molar-refractivity contribution in [1.82, 2.24) is 0 Å². The first kappa shape index (κ1) is 26.4. The number of hydrogen-bond donors (Lipinski definition) is 4. The van der Waals surface area contributed by atoms with Crippen LogP contribution in [0, 0.1) is 0 Å². The van der Waals surface area contributed by atoms with Gasteiger partial charge >= 0.3 is 11.9 Å². The van der Waals surface area contributed by atoms with Crippen LogP contribution in [0.1, 0.15) is 70.7 Å². The molecular weight excluding hydrogens is 464 g/mol. The number of phenols is 4. The minimum atomic E-state index is -0.870. The van der Waals surface area contributed by atoms with E-state index >= 15 is 0 Å². The maximum absolute atomic E-state index is 12.1. The number of rotatable bonds is 6. The third-order valence-electron chi connectivity index (χ3n) is 6.71. The molecule has 190 valence electrons. The fourth-order valence-electron chi connectivity index (χ4n) is 4.29. The molecule has 0 aromatic heterocycles. The zero-order valence-corrected chi connectivity index (χ0v) is 21.0. The molecule has 4 N–H and O–H groups in total. The third kappa shape index (κ3) is 4.54. The number of methoxy groups -OCH3 is 2. The Balaban J connectivity index is 2.18. The molecule has 0 aliphatic rings. The Morgan fingerprint density at radius 3 is 1.28 bits per heavy atom. The molecule has 0 saturated heterocycles. The Hall–Kier alpha value is -4.20. The van der Waals surface area contributed by atoms with Crippen LogP contribution in [-0.2, 0) is 20.3 Å². The summed E-state index contributed by atoms with van der Waals surface area (Å²) in [7, 11) is 2.43. The Bertz CT molecular complexity index is 1240. The SMILES string of the molecule is COC(=O)c1cc(C(C)(C)c2cc(C(C)(C)c3ccc(O)c(C(=O)OC)c3)c(O)cc2O)ccc1O. The molecule has 0 aliphatic carbocycles. The molecule has 3 aromatic rings. The Morgan fingerprint density at radius 1 is 0.583 bits per heavy atom. The number of phenolic OH excluding ortho intramolecular Hbond substituents is 4. The van der Waals surface area contributed by atoms with E-state index in [0.29, 0.717) is 22.3 Å². The molecular formula is C28H30O8. The van der Waals surface area contributed by atoms with E-state index in [2.05, 4.69) is 0 Å². The highest BCUT2D eigenvalue weighted by Gasteiger charge is 2.34. The summed E-state index contributed by atoms with van der Waals surface area (Å²) in [5.74, 6) is -2.18. The number of benzene rings is 3. The van der Waals surface area contributed by atoms with Crippen LogP contribution in [0.15, 0.2) is 48.5 Å². The molecule has 0 atom stereocenters. The number of carbonyl (C=O) groups excluding carboxylic acids is 2. The van der Waals surface area contributed by atoms with E-state index in [1.807, 2.05) is 27.7 Å². The molecule has 8 heteroatoms. The summed E-state index contributed by atoms with van der Waals surface area (Å²) in [4.78, 5) is 24.2. The smallest absolute Gasteiger partial charge is 0.341 e. The first-order chi connectivity index (χ1) is 16.7. The number of carbonyl (C=O) groups is 2. The van der Waals surface area contributed by atoms with Crippen molar-refractivity contribution in [3.05, 3.63) is 81.9 Å². The van der Waals surface area contributed by atoms with Gasteiger partial charge in [0.2, 0.25) is 0 Å². The average Bonchev–Trinajstić information content (AvgIpc) is 2.82. The van der Waals surface area contributed by atoms with Gasteiger partial charge in [-0.3, -0.25) is 0 Å². The van der Waals surface area contributed by atoms with Crippen LogP contribution >= 0.6 is 0 Å². The molecule has 3 rings (SSSR count). The van der Waals surface area contributed by atoms with Gasteiger partial charge < -0.3 is 29.9 Å². The Morgan fingerprint density at radius 2 is 0.944 bits per heavy atom. The summed E-state index contributed by atoms with van der Waals surface area (Å²) < 4.78 is 9.51. The van der Waals surface area contributed by atoms with Crippen LogP contribution in [0.5, 0.6) is 23.0 Å². The lowest BCUT2D eigenvalue weighted by Crippen LogP contribution is -2.24. The highest BCUT2D eigenvalue weighted by molar-refractivity contribution is 5.93. The lowest BCUT2D eigenvalue weighted by Gasteiger charge is -2.32. The predicted octanol–water partition coefficient (Wildman–Crippen LogP) is 4.73. The number of aromatic hydroxyl groups is 4. The monoisotopic (exact) mass is 494 g/mol. The van der Waals surface area contributed by atoms with Gasteiger partial charge in [-0.05, 0) is 41.5 Å².